The van der Waals surface area contributed by atoms with Gasteiger partial charge in [-0.1, -0.05) is 12.1 Å². The fraction of sp³-hybridized carbons (Fsp3) is 0.500. The molecule has 0 saturated carbocycles. The van der Waals surface area contributed by atoms with Crippen LogP contribution < -0.4 is 16.4 Å². The number of hydrogen-bond donors (Lipinski definition) is 3. The lowest BCUT2D eigenvalue weighted by atomic mass is 10.0. The summed E-state index contributed by atoms with van der Waals surface area (Å²) >= 11 is 0. The van der Waals surface area contributed by atoms with E-state index < -0.39 is 0 Å². The van der Waals surface area contributed by atoms with Crippen LogP contribution in [-0.4, -0.2) is 48.9 Å². The van der Waals surface area contributed by atoms with Gasteiger partial charge >= 0.3 is 0 Å². The number of piperidine rings is 1. The molecule has 22 heavy (non-hydrogen) atoms. The van der Waals surface area contributed by atoms with Crippen molar-refractivity contribution < 1.29 is 9.59 Å². The molecule has 1 aliphatic heterocycles. The molecule has 2 amide bonds. The lowest BCUT2D eigenvalue weighted by Crippen LogP contribution is -2.47. The molecule has 0 aliphatic carbocycles. The minimum atomic E-state index is -0.302. The summed E-state index contributed by atoms with van der Waals surface area (Å²) in [4.78, 5) is 24.8. The maximum atomic E-state index is 12.0. The third-order valence-corrected chi connectivity index (χ3v) is 3.86. The molecule has 1 fully saturated rings. The van der Waals surface area contributed by atoms with E-state index in [4.69, 9.17) is 5.73 Å². The van der Waals surface area contributed by atoms with Gasteiger partial charge in [-0.3, -0.25) is 9.59 Å². The van der Waals surface area contributed by atoms with E-state index in [9.17, 15) is 9.59 Å². The van der Waals surface area contributed by atoms with E-state index in [-0.39, 0.29) is 24.9 Å². The average Bonchev–Trinajstić information content (AvgIpc) is 2.53. The molecule has 1 aromatic carbocycles. The first-order chi connectivity index (χ1) is 10.6. The lowest BCUT2D eigenvalue weighted by Gasteiger charge is -2.33. The number of rotatable bonds is 5. The fourth-order valence-corrected chi connectivity index (χ4v) is 2.60. The number of nitrogens with zero attached hydrogens (tertiary/aromatic N) is 1. The van der Waals surface area contributed by atoms with Crippen LogP contribution in [0.5, 0.6) is 0 Å². The van der Waals surface area contributed by atoms with E-state index in [0.29, 0.717) is 19.1 Å². The van der Waals surface area contributed by atoms with Crippen LogP contribution in [0.15, 0.2) is 24.3 Å². The molecule has 1 saturated heterocycles. The van der Waals surface area contributed by atoms with Crippen molar-refractivity contribution in [2.45, 2.75) is 25.8 Å². The van der Waals surface area contributed by atoms with Crippen LogP contribution in [0, 0.1) is 6.92 Å². The Hall–Kier alpha value is -2.08. The summed E-state index contributed by atoms with van der Waals surface area (Å²) in [5.41, 5.74) is 7.55. The SMILES string of the molecule is Cc1cccc(NC2CCN(C(=O)CNC(=O)CN)CC2)c1. The molecule has 0 unspecified atom stereocenters. The van der Waals surface area contributed by atoms with E-state index in [2.05, 4.69) is 35.8 Å². The molecule has 0 spiro atoms. The first-order valence-corrected chi connectivity index (χ1v) is 7.66. The Bertz CT molecular complexity index is 525. The Morgan fingerprint density at radius 2 is 2.05 bits per heavy atom. The topological polar surface area (TPSA) is 87.5 Å². The van der Waals surface area contributed by atoms with Gasteiger partial charge in [0.15, 0.2) is 0 Å². The molecular weight excluding hydrogens is 280 g/mol. The molecule has 120 valence electrons. The Labute approximate surface area is 131 Å². The van der Waals surface area contributed by atoms with Gasteiger partial charge in [-0.05, 0) is 37.5 Å². The van der Waals surface area contributed by atoms with Gasteiger partial charge in [-0.2, -0.15) is 0 Å². The number of benzene rings is 1. The van der Waals surface area contributed by atoms with Crippen LogP contribution in [0.2, 0.25) is 0 Å². The summed E-state index contributed by atoms with van der Waals surface area (Å²) in [6.45, 7) is 3.44. The minimum Gasteiger partial charge on any atom is -0.382 e. The third-order valence-electron chi connectivity index (χ3n) is 3.86. The molecular formula is C16H24N4O2. The van der Waals surface area contributed by atoms with E-state index >= 15 is 0 Å². The molecule has 0 bridgehead atoms. The highest BCUT2D eigenvalue weighted by Crippen LogP contribution is 2.17. The van der Waals surface area contributed by atoms with Gasteiger partial charge in [0, 0.05) is 24.8 Å². The number of hydrogen-bond acceptors (Lipinski definition) is 4. The monoisotopic (exact) mass is 304 g/mol. The molecule has 6 heteroatoms. The molecule has 0 atom stereocenters. The molecule has 2 rings (SSSR count). The number of nitrogens with two attached hydrogens (primary N) is 1. The van der Waals surface area contributed by atoms with Gasteiger partial charge in [-0.15, -0.1) is 0 Å². The minimum absolute atomic E-state index is 0.0337. The van der Waals surface area contributed by atoms with Crippen molar-refractivity contribution in [2.75, 3.05) is 31.5 Å². The summed E-state index contributed by atoms with van der Waals surface area (Å²) in [6, 6.07) is 8.68. The summed E-state index contributed by atoms with van der Waals surface area (Å²) in [5.74, 6) is -0.347. The van der Waals surface area contributed by atoms with Crippen molar-refractivity contribution in [3.63, 3.8) is 0 Å². The molecule has 0 radical (unpaired) electrons. The number of likely N-dealkylation sites (tertiary alicyclic amines) is 1. The predicted octanol–water partition coefficient (Wildman–Crippen LogP) is 0.473. The maximum Gasteiger partial charge on any atom is 0.241 e. The van der Waals surface area contributed by atoms with Crippen LogP contribution in [0.3, 0.4) is 0 Å². The van der Waals surface area contributed by atoms with Crippen molar-refractivity contribution in [1.29, 1.82) is 0 Å². The van der Waals surface area contributed by atoms with Crippen molar-refractivity contribution in [3.8, 4) is 0 Å². The van der Waals surface area contributed by atoms with Gasteiger partial charge in [0.05, 0.1) is 13.1 Å². The quantitative estimate of drug-likeness (QED) is 0.738. The van der Waals surface area contributed by atoms with Gasteiger partial charge in [0.2, 0.25) is 11.8 Å². The largest absolute Gasteiger partial charge is 0.382 e. The van der Waals surface area contributed by atoms with E-state index in [1.54, 1.807) is 4.90 Å². The van der Waals surface area contributed by atoms with E-state index in [0.717, 1.165) is 18.5 Å². The molecule has 4 N–H and O–H groups in total. The van der Waals surface area contributed by atoms with Gasteiger partial charge < -0.3 is 21.3 Å². The Balaban J connectivity index is 1.75. The highest BCUT2D eigenvalue weighted by atomic mass is 16.2. The van der Waals surface area contributed by atoms with E-state index in [1.807, 2.05) is 6.07 Å². The summed E-state index contributed by atoms with van der Waals surface area (Å²) in [7, 11) is 0. The maximum absolute atomic E-state index is 12.0. The normalized spacial score (nSPS) is 15.5. The van der Waals surface area contributed by atoms with Crippen LogP contribution in [0.1, 0.15) is 18.4 Å². The smallest absolute Gasteiger partial charge is 0.241 e. The average molecular weight is 304 g/mol. The van der Waals surface area contributed by atoms with Gasteiger partial charge in [0.1, 0.15) is 0 Å². The number of nitrogens with one attached hydrogen (secondary N) is 2. The van der Waals surface area contributed by atoms with Crippen LogP contribution >= 0.6 is 0 Å². The summed E-state index contributed by atoms with van der Waals surface area (Å²) in [6.07, 6.45) is 1.81. The second kappa shape index (κ2) is 7.79. The zero-order chi connectivity index (χ0) is 15.9. The fourth-order valence-electron chi connectivity index (χ4n) is 2.60. The second-order valence-electron chi connectivity index (χ2n) is 5.65. The number of aryl methyl sites for hydroxylation is 1. The standard InChI is InChI=1S/C16H24N4O2/c1-12-3-2-4-14(9-12)19-13-5-7-20(8-6-13)16(22)11-18-15(21)10-17/h2-4,9,13,19H,5-8,10-11,17H2,1H3,(H,18,21). The third kappa shape index (κ3) is 4.73. The molecule has 1 heterocycles. The Morgan fingerprint density at radius 3 is 2.68 bits per heavy atom. The van der Waals surface area contributed by atoms with Gasteiger partial charge in [-0.25, -0.2) is 0 Å². The predicted molar refractivity (Wildman–Crippen MR) is 86.5 cm³/mol. The van der Waals surface area contributed by atoms with Crippen molar-refractivity contribution in [3.05, 3.63) is 29.8 Å². The second-order valence-corrected chi connectivity index (χ2v) is 5.65. The number of carbonyl (C=O) groups is 2. The summed E-state index contributed by atoms with van der Waals surface area (Å²) in [5, 5.41) is 6.03. The first kappa shape index (κ1) is 16.3. The highest BCUT2D eigenvalue weighted by Gasteiger charge is 2.22. The molecule has 0 aromatic heterocycles. The van der Waals surface area contributed by atoms with Crippen molar-refractivity contribution in [1.82, 2.24) is 10.2 Å². The molecule has 1 aliphatic rings. The summed E-state index contributed by atoms with van der Waals surface area (Å²) < 4.78 is 0. The van der Waals surface area contributed by atoms with Crippen LogP contribution in [-0.2, 0) is 9.59 Å². The van der Waals surface area contributed by atoms with E-state index in [1.165, 1.54) is 5.56 Å². The van der Waals surface area contributed by atoms with Crippen molar-refractivity contribution >= 4 is 17.5 Å². The molecule has 1 aromatic rings. The molecule has 6 nitrogen and oxygen atoms in total. The van der Waals surface area contributed by atoms with Crippen molar-refractivity contribution in [2.24, 2.45) is 5.73 Å². The number of anilines is 1. The zero-order valence-corrected chi connectivity index (χ0v) is 13.0. The number of amides is 2. The lowest BCUT2D eigenvalue weighted by molar-refractivity contribution is -0.133. The van der Waals surface area contributed by atoms with Crippen LogP contribution in [0.25, 0.3) is 0 Å². The Morgan fingerprint density at radius 1 is 1.32 bits per heavy atom. The Kier molecular flexibility index (Phi) is 5.77. The van der Waals surface area contributed by atoms with Crippen LogP contribution in [0.4, 0.5) is 5.69 Å². The van der Waals surface area contributed by atoms with Gasteiger partial charge in [0.25, 0.3) is 0 Å². The highest BCUT2D eigenvalue weighted by molar-refractivity contribution is 5.85. The number of carbonyl (C=O) groups excluding carboxylic acids is 2. The zero-order valence-electron chi connectivity index (χ0n) is 13.0. The first-order valence-electron chi connectivity index (χ1n) is 7.66.